The summed E-state index contributed by atoms with van der Waals surface area (Å²) in [6.07, 6.45) is 6.28. The summed E-state index contributed by atoms with van der Waals surface area (Å²) in [5.74, 6) is 0. The van der Waals surface area contributed by atoms with Crippen LogP contribution in [0.4, 0.5) is 0 Å². The molecule has 0 heterocycles. The molecule has 1 aliphatic carbocycles. The van der Waals surface area contributed by atoms with E-state index in [9.17, 15) is 5.11 Å². The zero-order valence-corrected chi connectivity index (χ0v) is 13.8. The molecule has 0 aromatic rings. The minimum Gasteiger partial charge on any atom is -0.389 e. The minimum atomic E-state index is -0.385. The van der Waals surface area contributed by atoms with Gasteiger partial charge >= 0.3 is 0 Å². The van der Waals surface area contributed by atoms with Crippen LogP contribution >= 0.6 is 0 Å². The number of hydrogen-bond donors (Lipinski definition) is 2. The molecule has 2 N–H and O–H groups in total. The van der Waals surface area contributed by atoms with Crippen molar-refractivity contribution in [3.05, 3.63) is 0 Å². The number of ether oxygens (including phenoxy) is 1. The summed E-state index contributed by atoms with van der Waals surface area (Å²) < 4.78 is 5.01. The van der Waals surface area contributed by atoms with Crippen LogP contribution < -0.4 is 5.32 Å². The van der Waals surface area contributed by atoms with Crippen molar-refractivity contribution in [1.82, 2.24) is 10.2 Å². The van der Waals surface area contributed by atoms with Crippen molar-refractivity contribution in [2.24, 2.45) is 5.41 Å². The van der Waals surface area contributed by atoms with Gasteiger partial charge in [-0.05, 0) is 25.3 Å². The Morgan fingerprint density at radius 2 is 1.90 bits per heavy atom. The van der Waals surface area contributed by atoms with E-state index in [1.165, 1.54) is 32.1 Å². The molecule has 1 unspecified atom stereocenters. The van der Waals surface area contributed by atoms with Gasteiger partial charge in [-0.25, -0.2) is 0 Å². The lowest BCUT2D eigenvalue weighted by molar-refractivity contribution is 0.0274. The van der Waals surface area contributed by atoms with Crippen molar-refractivity contribution in [2.45, 2.75) is 58.1 Å². The van der Waals surface area contributed by atoms with Gasteiger partial charge in [0.2, 0.25) is 0 Å². The van der Waals surface area contributed by atoms with Crippen LogP contribution in [0.3, 0.4) is 0 Å². The zero-order chi connectivity index (χ0) is 15.0. The molecule has 20 heavy (non-hydrogen) atoms. The first-order valence-electron chi connectivity index (χ1n) is 8.06. The van der Waals surface area contributed by atoms with Crippen molar-refractivity contribution in [3.8, 4) is 0 Å². The maximum Gasteiger partial charge on any atom is 0.0899 e. The summed E-state index contributed by atoms with van der Waals surface area (Å²) in [6, 6.07) is 0.540. The van der Waals surface area contributed by atoms with E-state index < -0.39 is 0 Å². The first-order valence-corrected chi connectivity index (χ1v) is 8.06. The number of nitrogens with one attached hydrogen (secondary N) is 1. The molecule has 1 fully saturated rings. The fourth-order valence-electron chi connectivity index (χ4n) is 3.36. The molecule has 1 atom stereocenters. The number of rotatable bonds is 9. The van der Waals surface area contributed by atoms with E-state index in [0.717, 1.165) is 13.1 Å². The Morgan fingerprint density at radius 1 is 1.25 bits per heavy atom. The number of methoxy groups -OCH3 is 1. The van der Waals surface area contributed by atoms with Crippen molar-refractivity contribution < 1.29 is 9.84 Å². The second kappa shape index (κ2) is 8.98. The van der Waals surface area contributed by atoms with Gasteiger partial charge in [-0.2, -0.15) is 0 Å². The fraction of sp³-hybridized carbons (Fsp3) is 1.00. The molecular weight excluding hydrogens is 252 g/mol. The largest absolute Gasteiger partial charge is 0.389 e. The van der Waals surface area contributed by atoms with Crippen LogP contribution in [-0.2, 0) is 4.74 Å². The molecule has 0 aromatic carbocycles. The van der Waals surface area contributed by atoms with Crippen LogP contribution in [0.2, 0.25) is 0 Å². The predicted octanol–water partition coefficient (Wildman–Crippen LogP) is 1.87. The zero-order valence-electron chi connectivity index (χ0n) is 13.8. The average Bonchev–Trinajstić information content (AvgIpc) is 2.37. The standard InChI is InChI=1S/C16H34N2O2/c1-14(2)17-12-16(8-6-5-7-9-16)13-18(3)10-15(19)11-20-4/h14-15,17,19H,5-13H2,1-4H3. The summed E-state index contributed by atoms with van der Waals surface area (Å²) in [7, 11) is 3.75. The van der Waals surface area contributed by atoms with Crippen LogP contribution in [0.5, 0.6) is 0 Å². The molecule has 0 aromatic heterocycles. The van der Waals surface area contributed by atoms with Crippen LogP contribution in [0.15, 0.2) is 0 Å². The second-order valence-corrected chi connectivity index (χ2v) is 6.90. The lowest BCUT2D eigenvalue weighted by atomic mass is 9.73. The summed E-state index contributed by atoms with van der Waals surface area (Å²) in [4.78, 5) is 2.27. The molecule has 4 heteroatoms. The number of likely N-dealkylation sites (N-methyl/N-ethyl adjacent to an activating group) is 1. The third-order valence-electron chi connectivity index (χ3n) is 4.29. The van der Waals surface area contributed by atoms with Crippen LogP contribution in [0, 0.1) is 5.41 Å². The monoisotopic (exact) mass is 286 g/mol. The highest BCUT2D eigenvalue weighted by Gasteiger charge is 2.33. The van der Waals surface area contributed by atoms with Gasteiger partial charge in [0.15, 0.2) is 0 Å². The van der Waals surface area contributed by atoms with E-state index >= 15 is 0 Å². The molecule has 0 radical (unpaired) electrons. The quantitative estimate of drug-likeness (QED) is 0.679. The van der Waals surface area contributed by atoms with Gasteiger partial charge in [0, 0.05) is 32.8 Å². The Balaban J connectivity index is 2.50. The highest BCUT2D eigenvalue weighted by molar-refractivity contribution is 4.88. The maximum atomic E-state index is 9.87. The van der Waals surface area contributed by atoms with Gasteiger partial charge in [-0.1, -0.05) is 33.1 Å². The van der Waals surface area contributed by atoms with Gasteiger partial charge in [0.1, 0.15) is 0 Å². The van der Waals surface area contributed by atoms with E-state index in [1.54, 1.807) is 7.11 Å². The van der Waals surface area contributed by atoms with Gasteiger partial charge in [-0.15, -0.1) is 0 Å². The molecule has 0 bridgehead atoms. The molecule has 1 aliphatic rings. The molecule has 1 saturated carbocycles. The average molecular weight is 286 g/mol. The van der Waals surface area contributed by atoms with Gasteiger partial charge < -0.3 is 20.1 Å². The van der Waals surface area contributed by atoms with E-state index in [2.05, 4.69) is 31.1 Å². The van der Waals surface area contributed by atoms with Crippen LogP contribution in [0.25, 0.3) is 0 Å². The maximum absolute atomic E-state index is 9.87. The molecule has 1 rings (SSSR count). The number of aliphatic hydroxyl groups excluding tert-OH is 1. The summed E-state index contributed by atoms with van der Waals surface area (Å²) in [5.41, 5.74) is 0.379. The van der Waals surface area contributed by atoms with Crippen LogP contribution in [0.1, 0.15) is 46.0 Å². The first-order chi connectivity index (χ1) is 9.47. The Kier molecular flexibility index (Phi) is 8.03. The predicted molar refractivity (Wildman–Crippen MR) is 84.0 cm³/mol. The Hall–Kier alpha value is -0.160. The lowest BCUT2D eigenvalue weighted by Crippen LogP contribution is -2.47. The highest BCUT2D eigenvalue weighted by Crippen LogP contribution is 2.36. The summed E-state index contributed by atoms with van der Waals surface area (Å²) in [6.45, 7) is 7.69. The van der Waals surface area contributed by atoms with Crippen molar-refractivity contribution in [2.75, 3.05) is 40.4 Å². The lowest BCUT2D eigenvalue weighted by Gasteiger charge is -2.41. The molecular formula is C16H34N2O2. The van der Waals surface area contributed by atoms with Gasteiger partial charge in [0.25, 0.3) is 0 Å². The van der Waals surface area contributed by atoms with Gasteiger partial charge in [-0.3, -0.25) is 0 Å². The topological polar surface area (TPSA) is 44.7 Å². The summed E-state index contributed by atoms with van der Waals surface area (Å²) in [5, 5.41) is 13.5. The Bertz CT molecular complexity index is 253. The first kappa shape index (κ1) is 17.9. The third-order valence-corrected chi connectivity index (χ3v) is 4.29. The van der Waals surface area contributed by atoms with E-state index in [4.69, 9.17) is 4.74 Å². The van der Waals surface area contributed by atoms with Crippen molar-refractivity contribution in [3.63, 3.8) is 0 Å². The normalized spacial score (nSPS) is 20.6. The van der Waals surface area contributed by atoms with Crippen LogP contribution in [-0.4, -0.2) is 62.6 Å². The fourth-order valence-corrected chi connectivity index (χ4v) is 3.36. The highest BCUT2D eigenvalue weighted by atomic mass is 16.5. The Labute approximate surface area is 124 Å². The molecule has 0 saturated heterocycles. The van der Waals surface area contributed by atoms with E-state index in [-0.39, 0.29) is 6.10 Å². The minimum absolute atomic E-state index is 0.379. The van der Waals surface area contributed by atoms with Crippen molar-refractivity contribution >= 4 is 0 Å². The summed E-state index contributed by atoms with van der Waals surface area (Å²) >= 11 is 0. The SMILES string of the molecule is COCC(O)CN(C)CC1(CNC(C)C)CCCCC1. The van der Waals surface area contributed by atoms with Crippen molar-refractivity contribution in [1.29, 1.82) is 0 Å². The van der Waals surface area contributed by atoms with E-state index in [0.29, 0.717) is 24.6 Å². The number of aliphatic hydroxyl groups is 1. The van der Waals surface area contributed by atoms with Gasteiger partial charge in [0.05, 0.1) is 12.7 Å². The second-order valence-electron chi connectivity index (χ2n) is 6.90. The smallest absolute Gasteiger partial charge is 0.0899 e. The molecule has 0 amide bonds. The number of hydrogen-bond acceptors (Lipinski definition) is 4. The molecule has 4 nitrogen and oxygen atoms in total. The molecule has 120 valence electrons. The number of nitrogens with zero attached hydrogens (tertiary/aromatic N) is 1. The molecule has 0 aliphatic heterocycles. The third kappa shape index (κ3) is 6.53. The van der Waals surface area contributed by atoms with E-state index in [1.807, 2.05) is 0 Å². The Morgan fingerprint density at radius 3 is 2.45 bits per heavy atom. The molecule has 0 spiro atoms.